The van der Waals surface area contributed by atoms with Crippen LogP contribution in [0.15, 0.2) is 28.0 Å². The molecule has 0 spiro atoms. The van der Waals surface area contributed by atoms with E-state index in [0.29, 0.717) is 13.1 Å². The Labute approximate surface area is 136 Å². The van der Waals surface area contributed by atoms with Crippen molar-refractivity contribution < 1.29 is 13.2 Å². The molecule has 0 saturated carbocycles. The Morgan fingerprint density at radius 3 is 2.48 bits per heavy atom. The molecule has 7 nitrogen and oxygen atoms in total. The number of nitrogens with zero attached hydrogens (tertiary/aromatic N) is 2. The second-order valence-electron chi connectivity index (χ2n) is 6.02. The lowest BCUT2D eigenvalue weighted by Crippen LogP contribution is -2.38. The van der Waals surface area contributed by atoms with Crippen molar-refractivity contribution in [3.8, 4) is 0 Å². The van der Waals surface area contributed by atoms with Crippen LogP contribution in [0.3, 0.4) is 0 Å². The Balaban J connectivity index is 2.25. The number of sulfonamides is 1. The van der Waals surface area contributed by atoms with Gasteiger partial charge in [-0.2, -0.15) is 4.31 Å². The zero-order chi connectivity index (χ0) is 17.0. The maximum absolute atomic E-state index is 12.6. The lowest BCUT2D eigenvalue weighted by atomic mass is 10.2. The number of nitrogens with one attached hydrogen (secondary N) is 1. The molecule has 0 aromatic carbocycles. The van der Waals surface area contributed by atoms with E-state index in [1.807, 2.05) is 13.8 Å². The lowest BCUT2D eigenvalue weighted by Gasteiger charge is -2.26. The van der Waals surface area contributed by atoms with Crippen LogP contribution in [0.4, 0.5) is 0 Å². The number of hydrogen-bond donors (Lipinski definition) is 1. The molecule has 1 aromatic heterocycles. The molecule has 0 atom stereocenters. The van der Waals surface area contributed by atoms with Crippen molar-refractivity contribution in [2.45, 2.75) is 50.6 Å². The van der Waals surface area contributed by atoms with Crippen molar-refractivity contribution >= 4 is 15.9 Å². The molecule has 1 aromatic rings. The smallest absolute Gasteiger partial charge is 0.251 e. The second-order valence-corrected chi connectivity index (χ2v) is 7.96. The third-order valence-corrected chi connectivity index (χ3v) is 5.55. The largest absolute Gasteiger partial charge is 0.352 e. The van der Waals surface area contributed by atoms with Crippen LogP contribution in [0, 0.1) is 0 Å². The van der Waals surface area contributed by atoms with Gasteiger partial charge in [0.1, 0.15) is 6.54 Å². The van der Waals surface area contributed by atoms with Gasteiger partial charge in [-0.15, -0.1) is 0 Å². The van der Waals surface area contributed by atoms with Gasteiger partial charge < -0.3 is 9.88 Å². The molecule has 23 heavy (non-hydrogen) atoms. The average molecular weight is 341 g/mol. The fourth-order valence-electron chi connectivity index (χ4n) is 2.56. The molecule has 8 heteroatoms. The van der Waals surface area contributed by atoms with E-state index in [9.17, 15) is 18.0 Å². The van der Waals surface area contributed by atoms with E-state index in [0.717, 1.165) is 23.8 Å². The Morgan fingerprint density at radius 1 is 1.22 bits per heavy atom. The number of aromatic nitrogens is 1. The van der Waals surface area contributed by atoms with E-state index >= 15 is 0 Å². The van der Waals surface area contributed by atoms with Crippen molar-refractivity contribution in [3.05, 3.63) is 28.7 Å². The van der Waals surface area contributed by atoms with Crippen LogP contribution in [-0.2, 0) is 21.4 Å². The molecule has 0 aliphatic carbocycles. The van der Waals surface area contributed by atoms with Crippen molar-refractivity contribution in [2.75, 3.05) is 13.1 Å². The van der Waals surface area contributed by atoms with E-state index in [4.69, 9.17) is 0 Å². The molecule has 1 N–H and O–H groups in total. The standard InChI is InChI=1S/C15H23N3O4S/c1-12(2)16-14(19)11-17-10-13(6-7-15(17)20)23(21,22)18-8-4-3-5-9-18/h6-7,10,12H,3-5,8-9,11H2,1-2H3,(H,16,19). The molecular weight excluding hydrogens is 318 g/mol. The number of amides is 1. The highest BCUT2D eigenvalue weighted by Gasteiger charge is 2.26. The maximum Gasteiger partial charge on any atom is 0.251 e. The third-order valence-electron chi connectivity index (χ3n) is 3.67. The minimum absolute atomic E-state index is 0.0431. The maximum atomic E-state index is 12.6. The first kappa shape index (κ1) is 17.7. The lowest BCUT2D eigenvalue weighted by molar-refractivity contribution is -0.122. The second kappa shape index (κ2) is 7.27. The first-order chi connectivity index (χ1) is 10.8. The topological polar surface area (TPSA) is 88.5 Å². The number of piperidine rings is 1. The number of pyridine rings is 1. The van der Waals surface area contributed by atoms with Crippen molar-refractivity contribution in [1.29, 1.82) is 0 Å². The fraction of sp³-hybridized carbons (Fsp3) is 0.600. The van der Waals surface area contributed by atoms with Crippen LogP contribution >= 0.6 is 0 Å². The summed E-state index contributed by atoms with van der Waals surface area (Å²) in [5.74, 6) is -0.324. The predicted molar refractivity (Wildman–Crippen MR) is 86.6 cm³/mol. The van der Waals surface area contributed by atoms with Crippen LogP contribution in [0.5, 0.6) is 0 Å². The Kier molecular flexibility index (Phi) is 5.59. The SMILES string of the molecule is CC(C)NC(=O)Cn1cc(S(=O)(=O)N2CCCCC2)ccc1=O. The minimum atomic E-state index is -3.62. The Hall–Kier alpha value is -1.67. The molecule has 2 heterocycles. The molecule has 128 valence electrons. The van der Waals surface area contributed by atoms with Gasteiger partial charge in [0, 0.05) is 31.4 Å². The van der Waals surface area contributed by atoms with Gasteiger partial charge in [-0.05, 0) is 32.8 Å². The summed E-state index contributed by atoms with van der Waals surface area (Å²) >= 11 is 0. The molecular formula is C15H23N3O4S. The molecule has 1 aliphatic heterocycles. The summed E-state index contributed by atoms with van der Waals surface area (Å²) in [5, 5.41) is 2.68. The van der Waals surface area contributed by atoms with Crippen LogP contribution in [-0.4, -0.2) is 42.3 Å². The molecule has 1 aliphatic rings. The van der Waals surface area contributed by atoms with Gasteiger partial charge in [0.05, 0.1) is 4.90 Å². The molecule has 0 radical (unpaired) electrons. The summed E-state index contributed by atoms with van der Waals surface area (Å²) in [4.78, 5) is 23.7. The summed E-state index contributed by atoms with van der Waals surface area (Å²) in [6.45, 7) is 4.43. The zero-order valence-corrected chi connectivity index (χ0v) is 14.3. The molecule has 0 bridgehead atoms. The summed E-state index contributed by atoms with van der Waals surface area (Å²) in [6, 6.07) is 2.46. The molecule has 0 unspecified atom stereocenters. The van der Waals surface area contributed by atoms with Gasteiger partial charge in [-0.3, -0.25) is 9.59 Å². The summed E-state index contributed by atoms with van der Waals surface area (Å²) in [6.07, 6.45) is 3.97. The third kappa shape index (κ3) is 4.42. The Bertz CT molecular complexity index is 718. The molecule has 1 amide bonds. The van der Waals surface area contributed by atoms with Gasteiger partial charge in [0.25, 0.3) is 5.56 Å². The van der Waals surface area contributed by atoms with Gasteiger partial charge >= 0.3 is 0 Å². The quantitative estimate of drug-likeness (QED) is 0.847. The monoisotopic (exact) mass is 341 g/mol. The number of hydrogen-bond acceptors (Lipinski definition) is 4. The summed E-state index contributed by atoms with van der Waals surface area (Å²) in [7, 11) is -3.62. The van der Waals surface area contributed by atoms with Crippen LogP contribution < -0.4 is 10.9 Å². The van der Waals surface area contributed by atoms with Crippen LogP contribution in [0.2, 0.25) is 0 Å². The summed E-state index contributed by atoms with van der Waals surface area (Å²) in [5.41, 5.74) is -0.401. The van der Waals surface area contributed by atoms with E-state index in [1.165, 1.54) is 22.6 Å². The highest BCUT2D eigenvalue weighted by molar-refractivity contribution is 7.89. The fourth-order valence-corrected chi connectivity index (χ4v) is 4.10. The molecule has 1 fully saturated rings. The summed E-state index contributed by atoms with van der Waals surface area (Å²) < 4.78 is 27.8. The predicted octanol–water partition coefficient (Wildman–Crippen LogP) is 0.547. The first-order valence-electron chi connectivity index (χ1n) is 7.81. The highest BCUT2D eigenvalue weighted by atomic mass is 32.2. The molecule has 1 saturated heterocycles. The average Bonchev–Trinajstić information content (AvgIpc) is 2.49. The zero-order valence-electron chi connectivity index (χ0n) is 13.5. The van der Waals surface area contributed by atoms with Gasteiger partial charge in [0.15, 0.2) is 0 Å². The number of rotatable bonds is 5. The van der Waals surface area contributed by atoms with Gasteiger partial charge in [0.2, 0.25) is 15.9 Å². The first-order valence-corrected chi connectivity index (χ1v) is 9.25. The molecule has 2 rings (SSSR count). The highest BCUT2D eigenvalue weighted by Crippen LogP contribution is 2.19. The normalized spacial score (nSPS) is 16.5. The van der Waals surface area contributed by atoms with E-state index in [-0.39, 0.29) is 23.4 Å². The van der Waals surface area contributed by atoms with Crippen molar-refractivity contribution in [3.63, 3.8) is 0 Å². The van der Waals surface area contributed by atoms with Crippen molar-refractivity contribution in [2.24, 2.45) is 0 Å². The van der Waals surface area contributed by atoms with Crippen LogP contribution in [0.1, 0.15) is 33.1 Å². The van der Waals surface area contributed by atoms with Crippen LogP contribution in [0.25, 0.3) is 0 Å². The van der Waals surface area contributed by atoms with Crippen molar-refractivity contribution in [1.82, 2.24) is 14.2 Å². The van der Waals surface area contributed by atoms with E-state index in [2.05, 4.69) is 5.32 Å². The van der Waals surface area contributed by atoms with E-state index in [1.54, 1.807) is 0 Å². The number of carbonyl (C=O) groups is 1. The Morgan fingerprint density at radius 2 is 1.87 bits per heavy atom. The minimum Gasteiger partial charge on any atom is -0.352 e. The number of carbonyl (C=O) groups excluding carboxylic acids is 1. The van der Waals surface area contributed by atoms with Gasteiger partial charge in [-0.25, -0.2) is 8.42 Å². The van der Waals surface area contributed by atoms with Gasteiger partial charge in [-0.1, -0.05) is 6.42 Å². The van der Waals surface area contributed by atoms with E-state index < -0.39 is 15.6 Å².